The lowest BCUT2D eigenvalue weighted by molar-refractivity contribution is -0.0497. The normalized spacial score (nSPS) is 12.5. The molecule has 0 amide bonds. The molecular formula is C16H15F2N3O4S. The zero-order valence-electron chi connectivity index (χ0n) is 13.6. The number of H-pyrrole nitrogens is 1. The van der Waals surface area contributed by atoms with Gasteiger partial charge in [0.25, 0.3) is 0 Å². The van der Waals surface area contributed by atoms with Crippen molar-refractivity contribution in [2.75, 3.05) is 7.11 Å². The van der Waals surface area contributed by atoms with E-state index in [4.69, 9.17) is 4.74 Å². The quantitative estimate of drug-likeness (QED) is 0.650. The molecule has 0 radical (unpaired) electrons. The highest BCUT2D eigenvalue weighted by atomic mass is 32.2. The van der Waals surface area contributed by atoms with Gasteiger partial charge < -0.3 is 19.6 Å². The van der Waals surface area contributed by atoms with Gasteiger partial charge >= 0.3 is 6.61 Å². The van der Waals surface area contributed by atoms with Crippen molar-refractivity contribution in [3.63, 3.8) is 0 Å². The number of aromatic amines is 1. The number of halogens is 2. The van der Waals surface area contributed by atoms with Crippen LogP contribution in [0.15, 0.2) is 35.6 Å². The molecule has 10 heteroatoms. The fourth-order valence-corrected chi connectivity index (χ4v) is 3.47. The number of ether oxygens (including phenoxy) is 2. The van der Waals surface area contributed by atoms with Crippen LogP contribution in [0.25, 0.3) is 11.0 Å². The van der Waals surface area contributed by atoms with Gasteiger partial charge in [-0.1, -0.05) is 0 Å². The molecule has 1 aromatic carbocycles. The van der Waals surface area contributed by atoms with Crippen LogP contribution in [0.5, 0.6) is 11.5 Å². The zero-order chi connectivity index (χ0) is 18.7. The molecule has 0 aliphatic carbocycles. The monoisotopic (exact) mass is 383 g/mol. The Bertz CT molecular complexity index is 948. The largest absolute Gasteiger partial charge is 0.494 e. The second-order valence-corrected chi connectivity index (χ2v) is 6.56. The molecule has 2 N–H and O–H groups in total. The predicted molar refractivity (Wildman–Crippen MR) is 89.5 cm³/mol. The fraction of sp³-hybridized carbons (Fsp3) is 0.250. The van der Waals surface area contributed by atoms with E-state index in [1.807, 2.05) is 0 Å². The Morgan fingerprint density at radius 2 is 2.15 bits per heavy atom. The third kappa shape index (κ3) is 3.81. The molecule has 3 aromatic rings. The number of nitrogens with one attached hydrogen (secondary N) is 1. The van der Waals surface area contributed by atoms with E-state index in [0.29, 0.717) is 28.0 Å². The topological polar surface area (TPSA) is 97.3 Å². The van der Waals surface area contributed by atoms with Gasteiger partial charge in [-0.2, -0.15) is 8.78 Å². The molecule has 0 saturated carbocycles. The number of alkyl halides is 2. The summed E-state index contributed by atoms with van der Waals surface area (Å²) >= 11 is 0. The Hall–Kier alpha value is -2.59. The van der Waals surface area contributed by atoms with Crippen molar-refractivity contribution >= 4 is 21.8 Å². The van der Waals surface area contributed by atoms with Crippen LogP contribution in [-0.2, 0) is 23.2 Å². The summed E-state index contributed by atoms with van der Waals surface area (Å²) in [5, 5.41) is 9.51. The lowest BCUT2D eigenvalue weighted by Crippen LogP contribution is -2.05. The maximum absolute atomic E-state index is 12.6. The van der Waals surface area contributed by atoms with Gasteiger partial charge in [-0.15, -0.1) is 0 Å². The van der Waals surface area contributed by atoms with Crippen molar-refractivity contribution in [2.45, 2.75) is 24.1 Å². The van der Waals surface area contributed by atoms with E-state index in [1.54, 1.807) is 6.07 Å². The molecule has 0 bridgehead atoms. The smallest absolute Gasteiger partial charge is 0.387 e. The van der Waals surface area contributed by atoms with Crippen LogP contribution in [0, 0.1) is 0 Å². The number of nitrogens with zero attached hydrogens (tertiary/aromatic N) is 2. The van der Waals surface area contributed by atoms with Gasteiger partial charge in [-0.3, -0.25) is 9.19 Å². The first kappa shape index (κ1) is 18.2. The maximum atomic E-state index is 12.6. The van der Waals surface area contributed by atoms with Crippen LogP contribution in [0.4, 0.5) is 8.78 Å². The number of hydrogen-bond acceptors (Lipinski definition) is 6. The standard InChI is InChI=1S/C16H15F2N3O4S/c1-24-14-9(7-22)4-5-19-13(14)8-26(23)16-20-11-3-2-10(25-15(17)18)6-12(11)21-16/h2-6,15,22H,7-8H2,1H3,(H,20,21). The molecular weight excluding hydrogens is 368 g/mol. The van der Waals surface area contributed by atoms with Crippen LogP contribution in [0.2, 0.25) is 0 Å². The van der Waals surface area contributed by atoms with Gasteiger partial charge in [-0.05, 0) is 18.2 Å². The molecule has 0 saturated heterocycles. The summed E-state index contributed by atoms with van der Waals surface area (Å²) in [4.78, 5) is 11.2. The number of rotatable bonds is 7. The van der Waals surface area contributed by atoms with E-state index >= 15 is 0 Å². The SMILES string of the molecule is COc1c(CO)ccnc1CS(=O)c1nc2ccc(OC(F)F)cc2[nH]1. The van der Waals surface area contributed by atoms with Gasteiger partial charge in [0.2, 0.25) is 0 Å². The van der Waals surface area contributed by atoms with E-state index in [2.05, 4.69) is 19.7 Å². The number of aliphatic hydroxyl groups excluding tert-OH is 1. The number of imidazole rings is 1. The first-order valence-electron chi connectivity index (χ1n) is 7.46. The van der Waals surface area contributed by atoms with Crippen molar-refractivity contribution in [2.24, 2.45) is 0 Å². The zero-order valence-corrected chi connectivity index (χ0v) is 14.4. The van der Waals surface area contributed by atoms with E-state index in [0.717, 1.165) is 0 Å². The first-order chi connectivity index (χ1) is 12.5. The van der Waals surface area contributed by atoms with Crippen LogP contribution < -0.4 is 9.47 Å². The van der Waals surface area contributed by atoms with E-state index in [-0.39, 0.29) is 23.3 Å². The summed E-state index contributed by atoms with van der Waals surface area (Å²) in [5.41, 5.74) is 1.85. The summed E-state index contributed by atoms with van der Waals surface area (Å²) in [7, 11) is -0.147. The van der Waals surface area contributed by atoms with Crippen molar-refractivity contribution < 1.29 is 27.6 Å². The van der Waals surface area contributed by atoms with E-state index in [9.17, 15) is 18.1 Å². The third-order valence-electron chi connectivity index (χ3n) is 3.57. The summed E-state index contributed by atoms with van der Waals surface area (Å²) in [6.07, 6.45) is 1.49. The summed E-state index contributed by atoms with van der Waals surface area (Å²) < 4.78 is 46.8. The Labute approximate surface area is 149 Å². The number of benzene rings is 1. The Balaban J connectivity index is 1.86. The van der Waals surface area contributed by atoms with Gasteiger partial charge in [0.05, 0.1) is 47.0 Å². The molecule has 26 heavy (non-hydrogen) atoms. The highest BCUT2D eigenvalue weighted by Crippen LogP contribution is 2.25. The second kappa shape index (κ2) is 7.75. The number of methoxy groups -OCH3 is 1. The predicted octanol–water partition coefficient (Wildman–Crippen LogP) is 2.37. The van der Waals surface area contributed by atoms with Crippen LogP contribution in [-0.4, -0.2) is 38.0 Å². The number of pyridine rings is 1. The number of hydrogen-bond donors (Lipinski definition) is 2. The number of aliphatic hydroxyl groups is 1. The van der Waals surface area contributed by atoms with Gasteiger partial charge in [0, 0.05) is 17.8 Å². The first-order valence-corrected chi connectivity index (χ1v) is 8.78. The van der Waals surface area contributed by atoms with Crippen LogP contribution >= 0.6 is 0 Å². The van der Waals surface area contributed by atoms with Crippen molar-refractivity contribution in [3.8, 4) is 11.5 Å². The molecule has 7 nitrogen and oxygen atoms in total. The van der Waals surface area contributed by atoms with E-state index < -0.39 is 17.4 Å². The Kier molecular flexibility index (Phi) is 5.43. The molecule has 1 atom stereocenters. The molecule has 2 aromatic heterocycles. The summed E-state index contributed by atoms with van der Waals surface area (Å²) in [5.74, 6) is 0.358. The second-order valence-electron chi connectivity index (χ2n) is 5.20. The van der Waals surface area contributed by atoms with Gasteiger partial charge in [0.15, 0.2) is 5.16 Å². The molecule has 1 unspecified atom stereocenters. The van der Waals surface area contributed by atoms with Gasteiger partial charge in [-0.25, -0.2) is 4.98 Å². The van der Waals surface area contributed by atoms with Crippen molar-refractivity contribution in [3.05, 3.63) is 41.7 Å². The molecule has 3 rings (SSSR count). The molecule has 0 aliphatic heterocycles. The van der Waals surface area contributed by atoms with Gasteiger partial charge in [0.1, 0.15) is 11.5 Å². The van der Waals surface area contributed by atoms with Crippen LogP contribution in [0.3, 0.4) is 0 Å². The van der Waals surface area contributed by atoms with E-state index in [1.165, 1.54) is 31.5 Å². The number of fused-ring (bicyclic) bond motifs is 1. The highest BCUT2D eigenvalue weighted by molar-refractivity contribution is 7.84. The van der Waals surface area contributed by atoms with Crippen molar-refractivity contribution in [1.29, 1.82) is 0 Å². The van der Waals surface area contributed by atoms with Crippen LogP contribution in [0.1, 0.15) is 11.3 Å². The minimum Gasteiger partial charge on any atom is -0.494 e. The van der Waals surface area contributed by atoms with Crippen molar-refractivity contribution in [1.82, 2.24) is 15.0 Å². The minimum absolute atomic E-state index is 0.0111. The third-order valence-corrected chi connectivity index (χ3v) is 4.73. The Morgan fingerprint density at radius 3 is 2.85 bits per heavy atom. The summed E-state index contributed by atoms with van der Waals surface area (Å²) in [6.45, 7) is -3.16. The fourth-order valence-electron chi connectivity index (χ4n) is 2.45. The highest BCUT2D eigenvalue weighted by Gasteiger charge is 2.17. The average molecular weight is 383 g/mol. The lowest BCUT2D eigenvalue weighted by atomic mass is 10.2. The Morgan fingerprint density at radius 1 is 1.35 bits per heavy atom. The molecule has 2 heterocycles. The average Bonchev–Trinajstić information content (AvgIpc) is 3.04. The summed E-state index contributed by atoms with van der Waals surface area (Å²) in [6, 6.07) is 5.82. The molecule has 0 spiro atoms. The maximum Gasteiger partial charge on any atom is 0.387 e. The molecule has 0 fully saturated rings. The lowest BCUT2D eigenvalue weighted by Gasteiger charge is -2.10. The molecule has 138 valence electrons. The minimum atomic E-state index is -2.93. The number of aromatic nitrogens is 3. The molecule has 0 aliphatic rings.